The first kappa shape index (κ1) is 19.3. The number of nitrogens with one attached hydrogen (secondary N) is 2. The second-order valence-electron chi connectivity index (χ2n) is 6.59. The summed E-state index contributed by atoms with van der Waals surface area (Å²) in [6.45, 7) is 1.50. The highest BCUT2D eigenvalue weighted by atomic mass is 35.5. The number of methoxy groups -OCH3 is 1. The van der Waals surface area contributed by atoms with Gasteiger partial charge in [-0.05, 0) is 43.3 Å². The van der Waals surface area contributed by atoms with Crippen LogP contribution in [0.3, 0.4) is 0 Å². The van der Waals surface area contributed by atoms with Gasteiger partial charge < -0.3 is 15.0 Å². The van der Waals surface area contributed by atoms with Crippen molar-refractivity contribution >= 4 is 28.4 Å². The van der Waals surface area contributed by atoms with E-state index in [1.807, 2.05) is 42.4 Å². The lowest BCUT2D eigenvalue weighted by Crippen LogP contribution is -2.35. The molecule has 0 atom stereocenters. The molecule has 0 spiro atoms. The van der Waals surface area contributed by atoms with Crippen LogP contribution in [0.1, 0.15) is 11.1 Å². The molecular formula is C21H24ClN3O2. The number of aromatic amines is 1. The molecule has 5 nitrogen and oxygen atoms in total. The van der Waals surface area contributed by atoms with E-state index in [0.717, 1.165) is 23.3 Å². The Morgan fingerprint density at radius 1 is 1.22 bits per heavy atom. The number of aromatic nitrogens is 1. The van der Waals surface area contributed by atoms with Crippen LogP contribution in [0.15, 0.2) is 48.7 Å². The number of halogens is 1. The van der Waals surface area contributed by atoms with Gasteiger partial charge in [-0.3, -0.25) is 9.69 Å². The lowest BCUT2D eigenvalue weighted by atomic mass is 10.1. The average molecular weight is 386 g/mol. The Morgan fingerprint density at radius 3 is 2.85 bits per heavy atom. The molecular weight excluding hydrogens is 362 g/mol. The highest BCUT2D eigenvalue weighted by Gasteiger charge is 2.11. The average Bonchev–Trinajstić information content (AvgIpc) is 3.05. The van der Waals surface area contributed by atoms with E-state index >= 15 is 0 Å². The first-order valence-electron chi connectivity index (χ1n) is 8.89. The first-order valence-corrected chi connectivity index (χ1v) is 9.27. The van der Waals surface area contributed by atoms with Crippen molar-refractivity contribution in [3.8, 4) is 5.75 Å². The molecule has 0 aliphatic rings. The van der Waals surface area contributed by atoms with Gasteiger partial charge in [-0.2, -0.15) is 0 Å². The van der Waals surface area contributed by atoms with Gasteiger partial charge in [-0.15, -0.1) is 0 Å². The van der Waals surface area contributed by atoms with Gasteiger partial charge in [0.15, 0.2) is 0 Å². The number of benzene rings is 2. The zero-order chi connectivity index (χ0) is 19.2. The number of nitrogens with zero attached hydrogens (tertiary/aromatic N) is 1. The molecule has 0 aliphatic carbocycles. The van der Waals surface area contributed by atoms with Gasteiger partial charge in [0.1, 0.15) is 5.75 Å². The molecule has 0 bridgehead atoms. The highest BCUT2D eigenvalue weighted by molar-refractivity contribution is 6.30. The van der Waals surface area contributed by atoms with E-state index in [1.54, 1.807) is 13.2 Å². The van der Waals surface area contributed by atoms with Crippen LogP contribution in [-0.4, -0.2) is 43.0 Å². The monoisotopic (exact) mass is 385 g/mol. The third kappa shape index (κ3) is 5.02. The van der Waals surface area contributed by atoms with Crippen molar-refractivity contribution in [2.45, 2.75) is 13.0 Å². The van der Waals surface area contributed by atoms with E-state index in [1.165, 1.54) is 10.9 Å². The standard InChI is InChI=1S/C21H24ClN3O2/c1-25(13-16-11-17(22)7-8-20(16)27-2)14-21(26)23-10-9-15-12-24-19-6-4-3-5-18(15)19/h3-8,11-12,24H,9-10,13-14H2,1-2H3,(H,23,26). The molecule has 0 fully saturated rings. The first-order chi connectivity index (χ1) is 13.1. The van der Waals surface area contributed by atoms with Crippen molar-refractivity contribution in [1.82, 2.24) is 15.2 Å². The molecule has 0 saturated heterocycles. The van der Waals surface area contributed by atoms with Crippen molar-refractivity contribution in [3.05, 3.63) is 64.8 Å². The van der Waals surface area contributed by atoms with E-state index < -0.39 is 0 Å². The minimum atomic E-state index is -0.00154. The maximum absolute atomic E-state index is 12.2. The van der Waals surface area contributed by atoms with E-state index in [9.17, 15) is 4.79 Å². The van der Waals surface area contributed by atoms with Crippen molar-refractivity contribution < 1.29 is 9.53 Å². The summed E-state index contributed by atoms with van der Waals surface area (Å²) in [5, 5.41) is 4.85. The van der Waals surface area contributed by atoms with Crippen LogP contribution < -0.4 is 10.1 Å². The third-order valence-electron chi connectivity index (χ3n) is 4.49. The summed E-state index contributed by atoms with van der Waals surface area (Å²) in [6, 6.07) is 13.7. The van der Waals surface area contributed by atoms with Crippen LogP contribution in [-0.2, 0) is 17.8 Å². The van der Waals surface area contributed by atoms with E-state index in [2.05, 4.69) is 22.4 Å². The number of ether oxygens (including phenoxy) is 1. The molecule has 6 heteroatoms. The molecule has 27 heavy (non-hydrogen) atoms. The van der Waals surface area contributed by atoms with Crippen LogP contribution in [0.25, 0.3) is 10.9 Å². The summed E-state index contributed by atoms with van der Waals surface area (Å²) >= 11 is 6.07. The van der Waals surface area contributed by atoms with Gasteiger partial charge in [0.05, 0.1) is 13.7 Å². The van der Waals surface area contributed by atoms with Crippen LogP contribution >= 0.6 is 11.6 Å². The molecule has 142 valence electrons. The zero-order valence-corrected chi connectivity index (χ0v) is 16.3. The van der Waals surface area contributed by atoms with Crippen LogP contribution in [0.4, 0.5) is 0 Å². The summed E-state index contributed by atoms with van der Waals surface area (Å²) in [5.74, 6) is 0.768. The Morgan fingerprint density at radius 2 is 2.04 bits per heavy atom. The molecule has 0 saturated carbocycles. The Balaban J connectivity index is 1.48. The van der Waals surface area contributed by atoms with Gasteiger partial charge >= 0.3 is 0 Å². The van der Waals surface area contributed by atoms with Crippen LogP contribution in [0.2, 0.25) is 5.02 Å². The Labute approximate surface area is 164 Å². The predicted molar refractivity (Wildman–Crippen MR) is 109 cm³/mol. The van der Waals surface area contributed by atoms with E-state index in [0.29, 0.717) is 24.7 Å². The number of rotatable bonds is 8. The quantitative estimate of drug-likeness (QED) is 0.622. The summed E-state index contributed by atoms with van der Waals surface area (Å²) in [7, 11) is 3.53. The second kappa shape index (κ2) is 8.93. The second-order valence-corrected chi connectivity index (χ2v) is 7.02. The molecule has 0 unspecified atom stereocenters. The van der Waals surface area contributed by atoms with Gasteiger partial charge in [0.2, 0.25) is 5.91 Å². The number of fused-ring (bicyclic) bond motifs is 1. The SMILES string of the molecule is COc1ccc(Cl)cc1CN(C)CC(=O)NCCc1c[nH]c2ccccc12. The van der Waals surface area contributed by atoms with Crippen molar-refractivity contribution in [3.63, 3.8) is 0 Å². The molecule has 0 radical (unpaired) electrons. The minimum Gasteiger partial charge on any atom is -0.496 e. The fourth-order valence-corrected chi connectivity index (χ4v) is 3.39. The molecule has 0 aliphatic heterocycles. The molecule has 1 heterocycles. The van der Waals surface area contributed by atoms with Gasteiger partial charge in [0, 0.05) is 40.8 Å². The van der Waals surface area contributed by atoms with Gasteiger partial charge in [-0.1, -0.05) is 29.8 Å². The van der Waals surface area contributed by atoms with E-state index in [-0.39, 0.29) is 5.91 Å². The maximum atomic E-state index is 12.2. The normalized spacial score (nSPS) is 11.1. The molecule has 2 N–H and O–H groups in total. The third-order valence-corrected chi connectivity index (χ3v) is 4.72. The molecule has 3 aromatic rings. The number of hydrogen-bond acceptors (Lipinski definition) is 3. The van der Waals surface area contributed by atoms with Crippen LogP contribution in [0, 0.1) is 0 Å². The zero-order valence-electron chi connectivity index (χ0n) is 15.6. The van der Waals surface area contributed by atoms with E-state index in [4.69, 9.17) is 16.3 Å². The molecule has 1 amide bonds. The molecule has 2 aromatic carbocycles. The van der Waals surface area contributed by atoms with Crippen molar-refractivity contribution in [2.75, 3.05) is 27.2 Å². The lowest BCUT2D eigenvalue weighted by Gasteiger charge is -2.18. The Bertz CT molecular complexity index is 923. The summed E-state index contributed by atoms with van der Waals surface area (Å²) in [6.07, 6.45) is 2.80. The summed E-state index contributed by atoms with van der Waals surface area (Å²) < 4.78 is 5.36. The number of carbonyl (C=O) groups is 1. The number of H-pyrrole nitrogens is 1. The Kier molecular flexibility index (Phi) is 6.37. The highest BCUT2D eigenvalue weighted by Crippen LogP contribution is 2.23. The fraction of sp³-hybridized carbons (Fsp3) is 0.286. The summed E-state index contributed by atoms with van der Waals surface area (Å²) in [5.41, 5.74) is 3.29. The molecule has 3 rings (SSSR count). The smallest absolute Gasteiger partial charge is 0.234 e. The number of hydrogen-bond donors (Lipinski definition) is 2. The lowest BCUT2D eigenvalue weighted by molar-refractivity contribution is -0.122. The summed E-state index contributed by atoms with van der Waals surface area (Å²) in [4.78, 5) is 17.4. The maximum Gasteiger partial charge on any atom is 0.234 e. The number of amides is 1. The topological polar surface area (TPSA) is 57.4 Å². The van der Waals surface area contributed by atoms with Crippen molar-refractivity contribution in [2.24, 2.45) is 0 Å². The van der Waals surface area contributed by atoms with Gasteiger partial charge in [-0.25, -0.2) is 0 Å². The number of carbonyl (C=O) groups excluding carboxylic acids is 1. The molecule has 1 aromatic heterocycles. The number of likely N-dealkylation sites (N-methyl/N-ethyl adjacent to an activating group) is 1. The van der Waals surface area contributed by atoms with Crippen LogP contribution in [0.5, 0.6) is 5.75 Å². The van der Waals surface area contributed by atoms with Crippen molar-refractivity contribution in [1.29, 1.82) is 0 Å². The minimum absolute atomic E-state index is 0.00154. The number of para-hydroxylation sites is 1. The fourth-order valence-electron chi connectivity index (χ4n) is 3.19. The predicted octanol–water partition coefficient (Wildman–Crippen LogP) is 3.62. The van der Waals surface area contributed by atoms with Gasteiger partial charge in [0.25, 0.3) is 0 Å². The largest absolute Gasteiger partial charge is 0.496 e. The Hall–Kier alpha value is -2.50.